The Bertz CT molecular complexity index is 517. The number of primary amides is 1. The normalized spacial score (nSPS) is 9.68. The number of nitro benzene ring substituents is 1. The molecule has 0 spiro atoms. The van der Waals surface area contributed by atoms with Crippen molar-refractivity contribution in [3.63, 3.8) is 0 Å². The van der Waals surface area contributed by atoms with E-state index < -0.39 is 16.9 Å². The van der Waals surface area contributed by atoms with Gasteiger partial charge in [-0.05, 0) is 12.1 Å². The van der Waals surface area contributed by atoms with E-state index in [2.05, 4.69) is 10.6 Å². The lowest BCUT2D eigenvalue weighted by Gasteiger charge is -2.06. The standard InChI is InChI=1S/C10H13N5O4/c11-7-5-6(1-2-8(7)15(18)19)9(16)13-3-4-14-10(12)17/h1-2,5H,3-4,11H2,(H,13,16)(H3,12,14,17). The highest BCUT2D eigenvalue weighted by Gasteiger charge is 2.14. The number of amides is 3. The van der Waals surface area contributed by atoms with Crippen LogP contribution in [0.2, 0.25) is 0 Å². The number of nitrogens with two attached hydrogens (primary N) is 2. The fraction of sp³-hybridized carbons (Fsp3) is 0.200. The fourth-order valence-electron chi connectivity index (χ4n) is 1.33. The van der Waals surface area contributed by atoms with E-state index in [0.29, 0.717) is 0 Å². The summed E-state index contributed by atoms with van der Waals surface area (Å²) in [5.41, 5.74) is 10.2. The van der Waals surface area contributed by atoms with Crippen molar-refractivity contribution < 1.29 is 14.5 Å². The molecule has 0 saturated carbocycles. The van der Waals surface area contributed by atoms with Gasteiger partial charge in [-0.2, -0.15) is 0 Å². The van der Waals surface area contributed by atoms with E-state index in [4.69, 9.17) is 11.5 Å². The van der Waals surface area contributed by atoms with Gasteiger partial charge < -0.3 is 22.1 Å². The number of benzene rings is 1. The Morgan fingerprint density at radius 2 is 1.89 bits per heavy atom. The molecule has 0 unspecified atom stereocenters. The van der Waals surface area contributed by atoms with Crippen LogP contribution in [0.1, 0.15) is 10.4 Å². The van der Waals surface area contributed by atoms with Gasteiger partial charge in [0.25, 0.3) is 11.6 Å². The van der Waals surface area contributed by atoms with Crippen LogP contribution in [0, 0.1) is 10.1 Å². The van der Waals surface area contributed by atoms with Gasteiger partial charge in [0.05, 0.1) is 4.92 Å². The van der Waals surface area contributed by atoms with Crippen molar-refractivity contribution in [3.05, 3.63) is 33.9 Å². The van der Waals surface area contributed by atoms with Crippen LogP contribution in [-0.2, 0) is 0 Å². The molecule has 1 aromatic rings. The number of rotatable bonds is 5. The van der Waals surface area contributed by atoms with Crippen molar-refractivity contribution in [1.82, 2.24) is 10.6 Å². The maximum absolute atomic E-state index is 11.6. The van der Waals surface area contributed by atoms with Crippen molar-refractivity contribution in [2.45, 2.75) is 0 Å². The summed E-state index contributed by atoms with van der Waals surface area (Å²) < 4.78 is 0. The molecule has 102 valence electrons. The molecule has 0 bridgehead atoms. The predicted molar refractivity (Wildman–Crippen MR) is 67.4 cm³/mol. The Morgan fingerprint density at radius 3 is 2.42 bits per heavy atom. The summed E-state index contributed by atoms with van der Waals surface area (Å²) >= 11 is 0. The molecule has 0 aliphatic rings. The summed E-state index contributed by atoms with van der Waals surface area (Å²) in [6.45, 7) is 0.363. The van der Waals surface area contributed by atoms with Crippen molar-refractivity contribution in [2.75, 3.05) is 18.8 Å². The Kier molecular flexibility index (Phi) is 4.63. The number of nitrogens with one attached hydrogen (secondary N) is 2. The summed E-state index contributed by atoms with van der Waals surface area (Å²) in [5.74, 6) is -0.451. The second-order valence-corrected chi connectivity index (χ2v) is 3.58. The van der Waals surface area contributed by atoms with Crippen LogP contribution in [0.3, 0.4) is 0 Å². The largest absolute Gasteiger partial charge is 0.393 e. The summed E-state index contributed by atoms with van der Waals surface area (Å²) in [6, 6.07) is 2.99. The van der Waals surface area contributed by atoms with Crippen LogP contribution in [0.15, 0.2) is 18.2 Å². The van der Waals surface area contributed by atoms with Crippen molar-refractivity contribution in [1.29, 1.82) is 0 Å². The van der Waals surface area contributed by atoms with Gasteiger partial charge in [-0.1, -0.05) is 0 Å². The summed E-state index contributed by atoms with van der Waals surface area (Å²) in [4.78, 5) is 31.9. The van der Waals surface area contributed by atoms with E-state index in [1.807, 2.05) is 0 Å². The number of nitrogens with zero attached hydrogens (tertiary/aromatic N) is 1. The Morgan fingerprint density at radius 1 is 1.26 bits per heavy atom. The maximum Gasteiger partial charge on any atom is 0.312 e. The minimum Gasteiger partial charge on any atom is -0.393 e. The SMILES string of the molecule is NC(=O)NCCNC(=O)c1ccc([N+](=O)[O-])c(N)c1. The molecule has 0 radical (unpaired) electrons. The van der Waals surface area contributed by atoms with Gasteiger partial charge in [-0.3, -0.25) is 14.9 Å². The third-order valence-corrected chi connectivity index (χ3v) is 2.20. The first-order valence-corrected chi connectivity index (χ1v) is 5.27. The number of nitro groups is 1. The van der Waals surface area contributed by atoms with Crippen LogP contribution in [0.5, 0.6) is 0 Å². The van der Waals surface area contributed by atoms with Gasteiger partial charge in [0, 0.05) is 24.7 Å². The van der Waals surface area contributed by atoms with Crippen molar-refractivity contribution in [2.24, 2.45) is 5.73 Å². The van der Waals surface area contributed by atoms with Crippen molar-refractivity contribution in [3.8, 4) is 0 Å². The first-order valence-electron chi connectivity index (χ1n) is 5.27. The van der Waals surface area contributed by atoms with E-state index >= 15 is 0 Å². The lowest BCUT2D eigenvalue weighted by atomic mass is 10.1. The molecule has 0 aliphatic carbocycles. The number of nitrogen functional groups attached to an aromatic ring is 1. The minimum absolute atomic E-state index is 0.0899. The van der Waals surface area contributed by atoms with Crippen LogP contribution in [-0.4, -0.2) is 30.0 Å². The molecule has 0 aromatic heterocycles. The highest BCUT2D eigenvalue weighted by molar-refractivity contribution is 5.95. The molecule has 0 heterocycles. The molecular formula is C10H13N5O4. The summed E-state index contributed by atoms with van der Waals surface area (Å²) in [6.07, 6.45) is 0. The lowest BCUT2D eigenvalue weighted by molar-refractivity contribution is -0.383. The van der Waals surface area contributed by atoms with Crippen LogP contribution >= 0.6 is 0 Å². The number of hydrogen-bond acceptors (Lipinski definition) is 5. The minimum atomic E-state index is -0.686. The zero-order valence-electron chi connectivity index (χ0n) is 9.88. The lowest BCUT2D eigenvalue weighted by Crippen LogP contribution is -2.37. The van der Waals surface area contributed by atoms with Crippen LogP contribution in [0.4, 0.5) is 16.2 Å². The number of urea groups is 1. The monoisotopic (exact) mass is 267 g/mol. The maximum atomic E-state index is 11.6. The van der Waals surface area contributed by atoms with Gasteiger partial charge in [0.15, 0.2) is 0 Å². The molecule has 0 aliphatic heterocycles. The number of carbonyl (C=O) groups excluding carboxylic acids is 2. The molecule has 6 N–H and O–H groups in total. The van der Waals surface area contributed by atoms with Crippen molar-refractivity contribution >= 4 is 23.3 Å². The first-order chi connectivity index (χ1) is 8.91. The quantitative estimate of drug-likeness (QED) is 0.247. The topological polar surface area (TPSA) is 153 Å². The second kappa shape index (κ2) is 6.19. The van der Waals surface area contributed by atoms with Gasteiger partial charge in [-0.15, -0.1) is 0 Å². The third-order valence-electron chi connectivity index (χ3n) is 2.20. The highest BCUT2D eigenvalue weighted by Crippen LogP contribution is 2.21. The van der Waals surface area contributed by atoms with E-state index in [0.717, 1.165) is 6.07 Å². The first kappa shape index (κ1) is 14.2. The van der Waals surface area contributed by atoms with Crippen LogP contribution in [0.25, 0.3) is 0 Å². The molecule has 3 amide bonds. The highest BCUT2D eigenvalue weighted by atomic mass is 16.6. The van der Waals surface area contributed by atoms with Gasteiger partial charge in [0.2, 0.25) is 0 Å². The molecule has 0 saturated heterocycles. The summed E-state index contributed by atoms with van der Waals surface area (Å²) in [7, 11) is 0. The fourth-order valence-corrected chi connectivity index (χ4v) is 1.33. The van der Waals surface area contributed by atoms with E-state index in [1.54, 1.807) is 0 Å². The molecule has 1 aromatic carbocycles. The number of anilines is 1. The zero-order chi connectivity index (χ0) is 14.4. The number of carbonyl (C=O) groups is 2. The van der Waals surface area contributed by atoms with E-state index in [9.17, 15) is 19.7 Å². The third kappa shape index (κ3) is 4.15. The van der Waals surface area contributed by atoms with Gasteiger partial charge in [-0.25, -0.2) is 4.79 Å². The molecule has 0 fully saturated rings. The molecule has 9 nitrogen and oxygen atoms in total. The number of hydrogen-bond donors (Lipinski definition) is 4. The Hall–Kier alpha value is -2.84. The Labute approximate surface area is 108 Å². The predicted octanol–water partition coefficient (Wildman–Crippen LogP) is -0.425. The molecule has 0 atom stereocenters. The van der Waals surface area contributed by atoms with Gasteiger partial charge >= 0.3 is 6.03 Å². The molecule has 9 heteroatoms. The van der Waals surface area contributed by atoms with E-state index in [-0.39, 0.29) is 30.0 Å². The summed E-state index contributed by atoms with van der Waals surface area (Å²) in [5, 5.41) is 15.3. The van der Waals surface area contributed by atoms with E-state index in [1.165, 1.54) is 12.1 Å². The molecule has 19 heavy (non-hydrogen) atoms. The average molecular weight is 267 g/mol. The van der Waals surface area contributed by atoms with Crippen LogP contribution < -0.4 is 22.1 Å². The second-order valence-electron chi connectivity index (χ2n) is 3.58. The Balaban J connectivity index is 2.60. The van der Waals surface area contributed by atoms with Gasteiger partial charge in [0.1, 0.15) is 5.69 Å². The molecular weight excluding hydrogens is 254 g/mol. The zero-order valence-corrected chi connectivity index (χ0v) is 9.88. The molecule has 1 rings (SSSR count). The average Bonchev–Trinajstić information content (AvgIpc) is 2.33. The smallest absolute Gasteiger partial charge is 0.312 e.